The first-order valence-electron chi connectivity index (χ1n) is 8.15. The molecular formula is C14H25NO12. The van der Waals surface area contributed by atoms with Crippen LogP contribution in [-0.4, -0.2) is 121 Å². The molecule has 13 nitrogen and oxygen atoms in total. The molecule has 2 aliphatic heterocycles. The van der Waals surface area contributed by atoms with Crippen LogP contribution in [0.3, 0.4) is 0 Å². The Morgan fingerprint density at radius 3 is 2.19 bits per heavy atom. The van der Waals surface area contributed by atoms with Gasteiger partial charge in [-0.3, -0.25) is 4.79 Å². The average Bonchev–Trinajstić information content (AvgIpc) is 2.63. The van der Waals surface area contributed by atoms with Gasteiger partial charge in [0.1, 0.15) is 42.7 Å². The van der Waals surface area contributed by atoms with Crippen LogP contribution in [0, 0.1) is 0 Å². The van der Waals surface area contributed by atoms with Crippen LogP contribution < -0.4 is 5.32 Å². The van der Waals surface area contributed by atoms with Crippen LogP contribution in [-0.2, 0) is 19.0 Å². The summed E-state index contributed by atoms with van der Waals surface area (Å²) >= 11 is 0. The maximum absolute atomic E-state index is 11.4. The van der Waals surface area contributed by atoms with Gasteiger partial charge in [-0.25, -0.2) is 0 Å². The van der Waals surface area contributed by atoms with Crippen LogP contribution >= 0.6 is 0 Å². The quantitative estimate of drug-likeness (QED) is 0.211. The van der Waals surface area contributed by atoms with Crippen molar-refractivity contribution in [3.05, 3.63) is 0 Å². The number of carbonyl (C=O) groups is 1. The SMILES string of the molecule is CC(=O)N[C@]1(CO)O[C@H](O[C@H]2[C@H](O)[C@@H](O)[C@H](O)O[C@@H]2CO)[C@H](O)[C@@H](O)[C@H]1O. The molecule has 9 N–H and O–H groups in total. The van der Waals surface area contributed by atoms with Gasteiger partial charge in [0, 0.05) is 6.92 Å². The normalized spacial score (nSPS) is 48.3. The molecule has 27 heavy (non-hydrogen) atoms. The van der Waals surface area contributed by atoms with E-state index in [4.69, 9.17) is 14.2 Å². The number of rotatable bonds is 5. The van der Waals surface area contributed by atoms with E-state index in [1.165, 1.54) is 0 Å². The van der Waals surface area contributed by atoms with Crippen LogP contribution in [0.25, 0.3) is 0 Å². The summed E-state index contributed by atoms with van der Waals surface area (Å²) in [5, 5.41) is 80.6. The lowest BCUT2D eigenvalue weighted by molar-refractivity contribution is -0.378. The third kappa shape index (κ3) is 4.23. The minimum absolute atomic E-state index is 0.738. The molecule has 10 atom stereocenters. The highest BCUT2D eigenvalue weighted by Crippen LogP contribution is 2.32. The van der Waals surface area contributed by atoms with E-state index in [1.54, 1.807) is 0 Å². The van der Waals surface area contributed by atoms with Crippen molar-refractivity contribution in [3.63, 3.8) is 0 Å². The minimum Gasteiger partial charge on any atom is -0.394 e. The Morgan fingerprint density at radius 2 is 1.67 bits per heavy atom. The van der Waals surface area contributed by atoms with Gasteiger partial charge in [0.05, 0.1) is 13.2 Å². The highest BCUT2D eigenvalue weighted by molar-refractivity contribution is 5.73. The lowest BCUT2D eigenvalue weighted by atomic mass is 9.93. The molecule has 2 saturated heterocycles. The standard InChI is InChI=1S/C14H25NO12/c1-4(18)15-14(3-17)11(23)7(20)9(22)13(27-14)26-10-5(2-16)25-12(24)8(21)6(10)19/h5-13,16-17,19-24H,2-3H2,1H3,(H,15,18)/t5-,6-,7-,8-,9-,10-,11-,12-,13+,14-/m1/s1. The summed E-state index contributed by atoms with van der Waals surface area (Å²) in [5.74, 6) is -0.738. The molecule has 2 rings (SSSR count). The number of ether oxygens (including phenoxy) is 3. The zero-order valence-electron chi connectivity index (χ0n) is 14.3. The predicted molar refractivity (Wildman–Crippen MR) is 81.4 cm³/mol. The largest absolute Gasteiger partial charge is 0.394 e. The lowest BCUT2D eigenvalue weighted by Gasteiger charge is -2.49. The van der Waals surface area contributed by atoms with E-state index >= 15 is 0 Å². The van der Waals surface area contributed by atoms with Crippen molar-refractivity contribution in [1.29, 1.82) is 0 Å². The predicted octanol–water partition coefficient (Wildman–Crippen LogP) is -5.93. The lowest BCUT2D eigenvalue weighted by Crippen LogP contribution is -2.73. The highest BCUT2D eigenvalue weighted by atomic mass is 16.7. The molecular weight excluding hydrogens is 374 g/mol. The summed E-state index contributed by atoms with van der Waals surface area (Å²) in [6.07, 6.45) is -15.9. The van der Waals surface area contributed by atoms with Crippen LogP contribution in [0.5, 0.6) is 0 Å². The Morgan fingerprint density at radius 1 is 1.04 bits per heavy atom. The smallest absolute Gasteiger partial charge is 0.219 e. The zero-order chi connectivity index (χ0) is 20.5. The molecule has 2 aliphatic rings. The van der Waals surface area contributed by atoms with E-state index < -0.39 is 80.2 Å². The van der Waals surface area contributed by atoms with E-state index in [2.05, 4.69) is 5.32 Å². The highest BCUT2D eigenvalue weighted by Gasteiger charge is 2.56. The van der Waals surface area contributed by atoms with Gasteiger partial charge in [0.15, 0.2) is 18.3 Å². The fraction of sp³-hybridized carbons (Fsp3) is 0.929. The van der Waals surface area contributed by atoms with Gasteiger partial charge in [-0.1, -0.05) is 0 Å². The summed E-state index contributed by atoms with van der Waals surface area (Å²) in [7, 11) is 0. The third-order valence-electron chi connectivity index (χ3n) is 4.51. The van der Waals surface area contributed by atoms with E-state index in [0.717, 1.165) is 6.92 Å². The molecule has 2 heterocycles. The molecule has 0 radical (unpaired) electrons. The van der Waals surface area contributed by atoms with E-state index in [1.807, 2.05) is 0 Å². The fourth-order valence-electron chi connectivity index (χ4n) is 3.04. The molecule has 1 amide bonds. The van der Waals surface area contributed by atoms with E-state index in [-0.39, 0.29) is 0 Å². The molecule has 2 fully saturated rings. The molecule has 0 unspecified atom stereocenters. The maximum Gasteiger partial charge on any atom is 0.219 e. The monoisotopic (exact) mass is 399 g/mol. The Kier molecular flexibility index (Phi) is 7.10. The van der Waals surface area contributed by atoms with Gasteiger partial charge < -0.3 is 60.4 Å². The number of nitrogens with one attached hydrogen (secondary N) is 1. The molecule has 158 valence electrons. The van der Waals surface area contributed by atoms with Gasteiger partial charge in [-0.05, 0) is 0 Å². The number of carbonyl (C=O) groups excluding carboxylic acids is 1. The molecule has 0 aromatic rings. The van der Waals surface area contributed by atoms with Crippen molar-refractivity contribution in [2.45, 2.75) is 68.0 Å². The number of hydrogen-bond acceptors (Lipinski definition) is 12. The topological polar surface area (TPSA) is 219 Å². The molecule has 13 heteroatoms. The second-order valence-corrected chi connectivity index (χ2v) is 6.47. The molecule has 0 aliphatic carbocycles. The summed E-state index contributed by atoms with van der Waals surface area (Å²) < 4.78 is 15.5. The van der Waals surface area contributed by atoms with Crippen molar-refractivity contribution >= 4 is 5.91 Å². The number of hydrogen-bond donors (Lipinski definition) is 9. The second kappa shape index (κ2) is 8.59. The van der Waals surface area contributed by atoms with E-state index in [0.29, 0.717) is 0 Å². The maximum atomic E-state index is 11.4. The van der Waals surface area contributed by atoms with E-state index in [9.17, 15) is 45.6 Å². The van der Waals surface area contributed by atoms with Gasteiger partial charge in [-0.15, -0.1) is 0 Å². The molecule has 0 aromatic heterocycles. The Bertz CT molecular complexity index is 520. The first kappa shape index (κ1) is 22.3. The molecule has 0 saturated carbocycles. The molecule has 0 aromatic carbocycles. The summed E-state index contributed by atoms with van der Waals surface area (Å²) in [6, 6.07) is 0. The third-order valence-corrected chi connectivity index (χ3v) is 4.51. The summed E-state index contributed by atoms with van der Waals surface area (Å²) in [6.45, 7) is -0.707. The Balaban J connectivity index is 2.26. The van der Waals surface area contributed by atoms with Crippen LogP contribution in [0.2, 0.25) is 0 Å². The number of aliphatic hydroxyl groups is 8. The average molecular weight is 399 g/mol. The van der Waals surface area contributed by atoms with Crippen LogP contribution in [0.15, 0.2) is 0 Å². The van der Waals surface area contributed by atoms with Crippen molar-refractivity contribution in [3.8, 4) is 0 Å². The first-order chi connectivity index (χ1) is 12.6. The van der Waals surface area contributed by atoms with Crippen molar-refractivity contribution in [2.24, 2.45) is 0 Å². The minimum atomic E-state index is -2.23. The van der Waals surface area contributed by atoms with Crippen molar-refractivity contribution < 1.29 is 59.9 Å². The van der Waals surface area contributed by atoms with Crippen LogP contribution in [0.1, 0.15) is 6.92 Å². The van der Waals surface area contributed by atoms with Crippen LogP contribution in [0.4, 0.5) is 0 Å². The Hall–Kier alpha value is -0.970. The van der Waals surface area contributed by atoms with Gasteiger partial charge in [0.2, 0.25) is 5.91 Å². The van der Waals surface area contributed by atoms with Crippen molar-refractivity contribution in [2.75, 3.05) is 13.2 Å². The van der Waals surface area contributed by atoms with Gasteiger partial charge >= 0.3 is 0 Å². The van der Waals surface area contributed by atoms with Crippen molar-refractivity contribution in [1.82, 2.24) is 5.32 Å². The molecule has 0 bridgehead atoms. The summed E-state index contributed by atoms with van der Waals surface area (Å²) in [5.41, 5.74) is -2.23. The Labute approximate surface area is 153 Å². The van der Waals surface area contributed by atoms with Gasteiger partial charge in [-0.2, -0.15) is 0 Å². The zero-order valence-corrected chi connectivity index (χ0v) is 14.3. The second-order valence-electron chi connectivity index (χ2n) is 6.47. The fourth-order valence-corrected chi connectivity index (χ4v) is 3.04. The summed E-state index contributed by atoms with van der Waals surface area (Å²) in [4.78, 5) is 11.4. The first-order valence-corrected chi connectivity index (χ1v) is 8.15. The van der Waals surface area contributed by atoms with Gasteiger partial charge in [0.25, 0.3) is 0 Å². The number of aliphatic hydroxyl groups excluding tert-OH is 8. The number of amides is 1. The molecule has 0 spiro atoms.